The minimum atomic E-state index is 0.803. The molecule has 140 valence electrons. The molecule has 0 bridgehead atoms. The van der Waals surface area contributed by atoms with E-state index in [-0.39, 0.29) is 0 Å². The number of likely N-dealkylation sites (tertiary alicyclic amines) is 1. The molecule has 25 heavy (non-hydrogen) atoms. The van der Waals surface area contributed by atoms with Crippen LogP contribution in [0.3, 0.4) is 0 Å². The molecule has 1 heterocycles. The van der Waals surface area contributed by atoms with Gasteiger partial charge in [-0.25, -0.2) is 0 Å². The van der Waals surface area contributed by atoms with E-state index < -0.39 is 0 Å². The molecule has 1 aliphatic carbocycles. The topological polar surface area (TPSA) is 9.72 Å². The van der Waals surface area contributed by atoms with Crippen LogP contribution in [-0.4, -0.2) is 68.1 Å². The zero-order valence-corrected chi connectivity index (χ0v) is 16.6. The monoisotopic (exact) mass is 343 g/mol. The van der Waals surface area contributed by atoms with Crippen LogP contribution >= 0.6 is 0 Å². The molecule has 0 unspecified atom stereocenters. The van der Waals surface area contributed by atoms with Crippen LogP contribution in [0.25, 0.3) is 0 Å². The number of hydrogen-bond donors (Lipinski definition) is 0. The summed E-state index contributed by atoms with van der Waals surface area (Å²) in [6, 6.07) is 9.53. The van der Waals surface area contributed by atoms with Crippen molar-refractivity contribution in [3.63, 3.8) is 0 Å². The highest BCUT2D eigenvalue weighted by Gasteiger charge is 2.30. The third-order valence-corrected chi connectivity index (χ3v) is 6.26. The van der Waals surface area contributed by atoms with Crippen molar-refractivity contribution in [3.05, 3.63) is 35.4 Å². The second kappa shape index (κ2) is 9.16. The first-order chi connectivity index (χ1) is 12.1. The van der Waals surface area contributed by atoms with E-state index in [1.807, 2.05) is 0 Å². The quantitative estimate of drug-likeness (QED) is 0.677. The molecule has 0 amide bonds. The summed E-state index contributed by atoms with van der Waals surface area (Å²) in [6.07, 6.45) is 5.51. The molecule has 1 aromatic rings. The third kappa shape index (κ3) is 5.54. The van der Waals surface area contributed by atoms with Gasteiger partial charge in [-0.3, -0.25) is 4.90 Å². The molecular weight excluding hydrogens is 306 g/mol. The molecule has 0 atom stereocenters. The van der Waals surface area contributed by atoms with Gasteiger partial charge in [0.1, 0.15) is 0 Å². The normalized spacial score (nSPS) is 24.2. The fourth-order valence-corrected chi connectivity index (χ4v) is 4.28. The smallest absolute Gasteiger partial charge is 0.0233 e. The van der Waals surface area contributed by atoms with Gasteiger partial charge in [0.2, 0.25) is 0 Å². The van der Waals surface area contributed by atoms with Crippen LogP contribution < -0.4 is 0 Å². The van der Waals surface area contributed by atoms with E-state index in [4.69, 9.17) is 0 Å². The van der Waals surface area contributed by atoms with Crippen molar-refractivity contribution in [3.8, 4) is 0 Å². The van der Waals surface area contributed by atoms with Gasteiger partial charge in [0, 0.05) is 26.2 Å². The first-order valence-corrected chi connectivity index (χ1v) is 10.3. The Morgan fingerprint density at radius 3 is 2.24 bits per heavy atom. The summed E-state index contributed by atoms with van der Waals surface area (Å²) < 4.78 is 0. The molecule has 3 rings (SSSR count). The van der Waals surface area contributed by atoms with Crippen LogP contribution in [-0.2, 0) is 6.54 Å². The first kappa shape index (κ1) is 18.9. The van der Waals surface area contributed by atoms with Crippen molar-refractivity contribution >= 4 is 0 Å². The number of rotatable bonds is 9. The maximum absolute atomic E-state index is 2.58. The molecule has 1 aliphatic heterocycles. The molecule has 3 heteroatoms. The molecule has 0 radical (unpaired) electrons. The number of benzene rings is 1. The van der Waals surface area contributed by atoms with Gasteiger partial charge >= 0.3 is 0 Å². The van der Waals surface area contributed by atoms with Gasteiger partial charge < -0.3 is 9.80 Å². The van der Waals surface area contributed by atoms with E-state index in [0.29, 0.717) is 0 Å². The summed E-state index contributed by atoms with van der Waals surface area (Å²) in [7, 11) is 4.49. The Morgan fingerprint density at radius 2 is 1.60 bits per heavy atom. The fraction of sp³-hybridized carbons (Fsp3) is 0.727. The van der Waals surface area contributed by atoms with E-state index in [0.717, 1.165) is 24.9 Å². The molecule has 0 N–H and O–H groups in total. The van der Waals surface area contributed by atoms with Crippen molar-refractivity contribution < 1.29 is 0 Å². The van der Waals surface area contributed by atoms with Crippen LogP contribution in [0.1, 0.15) is 49.7 Å². The Hall–Kier alpha value is -0.900. The molecule has 1 saturated carbocycles. The molecular formula is C22H37N3. The maximum atomic E-state index is 2.58. The molecule has 0 spiro atoms. The lowest BCUT2D eigenvalue weighted by Crippen LogP contribution is -2.37. The average molecular weight is 344 g/mol. The Labute approximate surface area is 155 Å². The van der Waals surface area contributed by atoms with Crippen molar-refractivity contribution in [1.29, 1.82) is 0 Å². The minimum absolute atomic E-state index is 0.803. The van der Waals surface area contributed by atoms with E-state index in [2.05, 4.69) is 60.0 Å². The second-order valence-corrected chi connectivity index (χ2v) is 8.42. The number of nitrogens with zero attached hydrogens (tertiary/aromatic N) is 3. The van der Waals surface area contributed by atoms with Crippen molar-refractivity contribution in [1.82, 2.24) is 14.7 Å². The van der Waals surface area contributed by atoms with Crippen molar-refractivity contribution in [2.75, 3.05) is 53.4 Å². The predicted molar refractivity (Wildman–Crippen MR) is 107 cm³/mol. The van der Waals surface area contributed by atoms with E-state index in [1.165, 1.54) is 64.0 Å². The van der Waals surface area contributed by atoms with Crippen LogP contribution in [0.2, 0.25) is 0 Å². The highest BCUT2D eigenvalue weighted by molar-refractivity contribution is 5.27. The standard InChI is InChI=1S/C22H37N3/c1-4-23(2)13-14-24(3)17-20-15-22(16-20)21-9-7-19(8-10-21)18-25-11-5-6-12-25/h7-10,20,22H,4-6,11-18H2,1-3H3. The Balaban J connectivity index is 1.37. The lowest BCUT2D eigenvalue weighted by atomic mass is 9.71. The third-order valence-electron chi connectivity index (χ3n) is 6.26. The zero-order chi connectivity index (χ0) is 17.6. The summed E-state index contributed by atoms with van der Waals surface area (Å²) in [4.78, 5) is 7.50. The van der Waals surface area contributed by atoms with Gasteiger partial charge in [-0.1, -0.05) is 31.2 Å². The van der Waals surface area contributed by atoms with Crippen LogP contribution in [0, 0.1) is 5.92 Å². The van der Waals surface area contributed by atoms with Gasteiger partial charge in [0.25, 0.3) is 0 Å². The van der Waals surface area contributed by atoms with Crippen LogP contribution in [0.5, 0.6) is 0 Å². The lowest BCUT2D eigenvalue weighted by molar-refractivity contribution is 0.169. The molecule has 2 fully saturated rings. The van der Waals surface area contributed by atoms with Crippen LogP contribution in [0.4, 0.5) is 0 Å². The highest BCUT2D eigenvalue weighted by atomic mass is 15.2. The van der Waals surface area contributed by atoms with Gasteiger partial charge in [-0.15, -0.1) is 0 Å². The van der Waals surface area contributed by atoms with Crippen molar-refractivity contribution in [2.45, 2.75) is 45.1 Å². The molecule has 1 saturated heterocycles. The molecule has 3 nitrogen and oxygen atoms in total. The first-order valence-electron chi connectivity index (χ1n) is 10.3. The van der Waals surface area contributed by atoms with Crippen molar-refractivity contribution in [2.24, 2.45) is 5.92 Å². The van der Waals surface area contributed by atoms with Gasteiger partial charge in [-0.05, 0) is 82.4 Å². The van der Waals surface area contributed by atoms with E-state index in [9.17, 15) is 0 Å². The second-order valence-electron chi connectivity index (χ2n) is 8.42. The zero-order valence-electron chi connectivity index (χ0n) is 16.6. The molecule has 1 aromatic carbocycles. The SMILES string of the molecule is CCN(C)CCN(C)CC1CC(c2ccc(CN3CCCC3)cc2)C1. The fourth-order valence-electron chi connectivity index (χ4n) is 4.28. The van der Waals surface area contributed by atoms with Gasteiger partial charge in [0.15, 0.2) is 0 Å². The average Bonchev–Trinajstić information content (AvgIpc) is 3.09. The minimum Gasteiger partial charge on any atom is -0.305 e. The summed E-state index contributed by atoms with van der Waals surface area (Å²) >= 11 is 0. The lowest BCUT2D eigenvalue weighted by Gasteiger charge is -2.38. The van der Waals surface area contributed by atoms with E-state index in [1.54, 1.807) is 5.56 Å². The largest absolute Gasteiger partial charge is 0.305 e. The number of likely N-dealkylation sites (N-methyl/N-ethyl adjacent to an activating group) is 2. The Kier molecular flexibility index (Phi) is 6.92. The van der Waals surface area contributed by atoms with Gasteiger partial charge in [0.05, 0.1) is 0 Å². The Bertz CT molecular complexity index is 501. The molecule has 2 aliphatic rings. The Morgan fingerprint density at radius 1 is 0.960 bits per heavy atom. The summed E-state index contributed by atoms with van der Waals surface area (Å²) in [5, 5.41) is 0. The summed E-state index contributed by atoms with van der Waals surface area (Å²) in [6.45, 7) is 10.7. The molecule has 0 aromatic heterocycles. The highest BCUT2D eigenvalue weighted by Crippen LogP contribution is 2.41. The maximum Gasteiger partial charge on any atom is 0.0233 e. The van der Waals surface area contributed by atoms with Gasteiger partial charge in [-0.2, -0.15) is 0 Å². The van der Waals surface area contributed by atoms with Crippen LogP contribution in [0.15, 0.2) is 24.3 Å². The summed E-state index contributed by atoms with van der Waals surface area (Å²) in [5.74, 6) is 1.70. The predicted octanol–water partition coefficient (Wildman–Crippen LogP) is 3.66. The number of hydrogen-bond acceptors (Lipinski definition) is 3. The van der Waals surface area contributed by atoms with E-state index >= 15 is 0 Å². The summed E-state index contributed by atoms with van der Waals surface area (Å²) in [5.41, 5.74) is 3.05.